The molecule has 45 heavy (non-hydrogen) atoms. The molecule has 3 aromatic carbocycles. The van der Waals surface area contributed by atoms with E-state index in [2.05, 4.69) is 20.9 Å². The lowest BCUT2D eigenvalue weighted by Crippen LogP contribution is -2.56. The molecule has 0 N–H and O–H groups in total. The number of rotatable bonds is 4. The van der Waals surface area contributed by atoms with E-state index in [4.69, 9.17) is 5.10 Å². The highest BCUT2D eigenvalue weighted by Gasteiger charge is 2.48. The van der Waals surface area contributed by atoms with Crippen LogP contribution in [-0.4, -0.2) is 48.6 Å². The Morgan fingerprint density at radius 1 is 1.07 bits per heavy atom. The highest BCUT2D eigenvalue weighted by atomic mass is 79.9. The Kier molecular flexibility index (Phi) is 7.07. The minimum atomic E-state index is -4.62. The van der Waals surface area contributed by atoms with Gasteiger partial charge in [0.25, 0.3) is 5.91 Å². The Balaban J connectivity index is 1.30. The van der Waals surface area contributed by atoms with Gasteiger partial charge in [-0.05, 0) is 55.3 Å². The largest absolute Gasteiger partial charge is 0.417 e. The molecule has 7 rings (SSSR count). The highest BCUT2D eigenvalue weighted by molar-refractivity contribution is 9.10. The number of amides is 2. The quantitative estimate of drug-likeness (QED) is 0.207. The van der Waals surface area contributed by atoms with Crippen LogP contribution in [0.1, 0.15) is 46.4 Å². The van der Waals surface area contributed by atoms with Gasteiger partial charge in [-0.3, -0.25) is 14.5 Å². The van der Waals surface area contributed by atoms with E-state index < -0.39 is 35.6 Å². The second-order valence-corrected chi connectivity index (χ2v) is 12.6. The van der Waals surface area contributed by atoms with Crippen molar-refractivity contribution in [1.82, 2.24) is 24.2 Å². The van der Waals surface area contributed by atoms with Crippen LogP contribution in [0.2, 0.25) is 0 Å². The monoisotopic (exact) mass is 676 g/mol. The summed E-state index contributed by atoms with van der Waals surface area (Å²) in [6, 6.07) is 18.2. The molecule has 0 bridgehead atoms. The summed E-state index contributed by atoms with van der Waals surface area (Å²) in [5, 5.41) is 4.77. The SMILES string of the molecule is C[C@@H]1CC2C(=O)N(c3ccc4c(c3)ncn4C)c3c(Cc4ccccc4)cnn3C2CN1C(=O)c1ccc(Br)c(C(F)(F)F)c1. The number of fused-ring (bicyclic) bond motifs is 4. The molecule has 5 aromatic rings. The molecule has 230 valence electrons. The Labute approximate surface area is 265 Å². The van der Waals surface area contributed by atoms with Gasteiger partial charge < -0.3 is 9.47 Å². The molecule has 4 heterocycles. The number of alkyl halides is 3. The van der Waals surface area contributed by atoms with E-state index in [1.165, 1.54) is 12.1 Å². The zero-order valence-electron chi connectivity index (χ0n) is 24.4. The first-order valence-corrected chi connectivity index (χ1v) is 15.3. The highest BCUT2D eigenvalue weighted by Crippen LogP contribution is 2.45. The molecule has 2 aliphatic rings. The van der Waals surface area contributed by atoms with E-state index in [0.717, 1.165) is 28.2 Å². The Morgan fingerprint density at radius 3 is 2.60 bits per heavy atom. The van der Waals surface area contributed by atoms with Crippen LogP contribution in [0.25, 0.3) is 11.0 Å². The fraction of sp³-hybridized carbons (Fsp3) is 0.273. The maximum absolute atomic E-state index is 14.5. The summed E-state index contributed by atoms with van der Waals surface area (Å²) in [6.45, 7) is 1.95. The van der Waals surface area contributed by atoms with Crippen molar-refractivity contribution in [2.75, 3.05) is 11.4 Å². The van der Waals surface area contributed by atoms with Crippen molar-refractivity contribution in [3.63, 3.8) is 0 Å². The Bertz CT molecular complexity index is 1950. The minimum Gasteiger partial charge on any atom is -0.334 e. The number of carbonyl (C=O) groups excluding carboxylic acids is 2. The number of benzene rings is 3. The molecule has 0 saturated carbocycles. The number of hydrogen-bond acceptors (Lipinski definition) is 4. The number of nitrogens with zero attached hydrogens (tertiary/aromatic N) is 6. The standard InChI is InChI=1S/C33H28BrF3N6O2/c1-19-12-24-29(17-41(19)31(44)21-8-10-26(34)25(14-21)33(35,36)37)43-30(22(16-39-43)13-20-6-4-3-5-7-20)42(32(24)45)23-9-11-28-27(15-23)38-18-40(28)2/h3-11,14-16,18-19,24,29H,12-13,17H2,1-2H3/t19-,24?,29?/m1/s1. The fourth-order valence-corrected chi connectivity index (χ4v) is 7.07. The van der Waals surface area contributed by atoms with E-state index in [0.29, 0.717) is 24.3 Å². The number of imidazole rings is 1. The Morgan fingerprint density at radius 2 is 1.84 bits per heavy atom. The average molecular weight is 678 g/mol. The summed E-state index contributed by atoms with van der Waals surface area (Å²) >= 11 is 2.95. The smallest absolute Gasteiger partial charge is 0.334 e. The first-order chi connectivity index (χ1) is 21.5. The zero-order valence-corrected chi connectivity index (χ0v) is 26.0. The number of hydrogen-bond donors (Lipinski definition) is 0. The average Bonchev–Trinajstić information content (AvgIpc) is 3.60. The maximum atomic E-state index is 14.5. The van der Waals surface area contributed by atoms with E-state index >= 15 is 0 Å². The summed E-state index contributed by atoms with van der Waals surface area (Å²) in [5.74, 6) is -0.520. The van der Waals surface area contributed by atoms with E-state index in [1.54, 1.807) is 22.3 Å². The van der Waals surface area contributed by atoms with Crippen LogP contribution in [0, 0.1) is 5.92 Å². The van der Waals surface area contributed by atoms with Crippen molar-refractivity contribution >= 4 is 50.3 Å². The zero-order chi connectivity index (χ0) is 31.6. The van der Waals surface area contributed by atoms with Gasteiger partial charge in [-0.15, -0.1) is 0 Å². The van der Waals surface area contributed by atoms with E-state index in [9.17, 15) is 22.8 Å². The second-order valence-electron chi connectivity index (χ2n) is 11.7. The van der Waals surface area contributed by atoms with Crippen LogP contribution in [-0.2, 0) is 24.4 Å². The number of carbonyl (C=O) groups is 2. The molecule has 1 saturated heterocycles. The lowest BCUT2D eigenvalue weighted by atomic mass is 9.84. The lowest BCUT2D eigenvalue weighted by molar-refractivity contribution is -0.138. The molecule has 2 aromatic heterocycles. The minimum absolute atomic E-state index is 0.0614. The summed E-state index contributed by atoms with van der Waals surface area (Å²) in [7, 11) is 1.91. The molecule has 1 fully saturated rings. The number of anilines is 2. The molecular weight excluding hydrogens is 649 g/mol. The third-order valence-corrected chi connectivity index (χ3v) is 9.56. The molecule has 12 heteroatoms. The summed E-state index contributed by atoms with van der Waals surface area (Å²) in [6.07, 6.45) is -0.275. The molecule has 2 unspecified atom stereocenters. The van der Waals surface area contributed by atoms with Gasteiger partial charge in [0.05, 0.1) is 46.8 Å². The van der Waals surface area contributed by atoms with Gasteiger partial charge in [0, 0.05) is 41.7 Å². The van der Waals surface area contributed by atoms with Crippen LogP contribution < -0.4 is 4.90 Å². The summed E-state index contributed by atoms with van der Waals surface area (Å²) in [4.78, 5) is 36.0. The molecular formula is C33H28BrF3N6O2. The molecule has 2 aliphatic heterocycles. The number of aryl methyl sites for hydroxylation is 1. The van der Waals surface area contributed by atoms with Crippen LogP contribution >= 0.6 is 15.9 Å². The van der Waals surface area contributed by atoms with Crippen molar-refractivity contribution in [2.45, 2.75) is 38.0 Å². The lowest BCUT2D eigenvalue weighted by Gasteiger charge is -2.47. The van der Waals surface area contributed by atoms with Gasteiger partial charge >= 0.3 is 6.18 Å². The molecule has 0 aliphatic carbocycles. The molecule has 2 amide bonds. The van der Waals surface area contributed by atoms with Crippen molar-refractivity contribution < 1.29 is 22.8 Å². The van der Waals surface area contributed by atoms with Gasteiger partial charge in [-0.2, -0.15) is 18.3 Å². The molecule has 0 radical (unpaired) electrons. The van der Waals surface area contributed by atoms with E-state index in [1.807, 2.05) is 71.8 Å². The third-order valence-electron chi connectivity index (χ3n) is 8.87. The summed E-state index contributed by atoms with van der Waals surface area (Å²) < 4.78 is 44.6. The van der Waals surface area contributed by atoms with Crippen LogP contribution in [0.4, 0.5) is 24.7 Å². The number of piperidine rings is 1. The molecule has 3 atom stereocenters. The van der Waals surface area contributed by atoms with Crippen LogP contribution in [0.5, 0.6) is 0 Å². The maximum Gasteiger partial charge on any atom is 0.417 e. The van der Waals surface area contributed by atoms with Crippen LogP contribution in [0.3, 0.4) is 0 Å². The van der Waals surface area contributed by atoms with Crippen molar-refractivity contribution in [1.29, 1.82) is 0 Å². The fourth-order valence-electron chi connectivity index (χ4n) is 6.60. The van der Waals surface area contributed by atoms with Gasteiger partial charge in [0.2, 0.25) is 5.91 Å². The first-order valence-electron chi connectivity index (χ1n) is 14.5. The summed E-state index contributed by atoms with van der Waals surface area (Å²) in [5.41, 5.74) is 3.27. The molecule has 0 spiro atoms. The number of aromatic nitrogens is 4. The third kappa shape index (κ3) is 5.01. The van der Waals surface area contributed by atoms with Crippen molar-refractivity contribution in [3.05, 3.63) is 106 Å². The van der Waals surface area contributed by atoms with Gasteiger partial charge in [0.1, 0.15) is 5.82 Å². The van der Waals surface area contributed by atoms with Crippen LogP contribution in [0.15, 0.2) is 83.7 Å². The van der Waals surface area contributed by atoms with Crippen molar-refractivity contribution in [3.8, 4) is 0 Å². The normalized spacial score (nSPS) is 20.0. The van der Waals surface area contributed by atoms with Gasteiger partial charge in [-0.25, -0.2) is 9.67 Å². The number of halogens is 4. The van der Waals surface area contributed by atoms with E-state index in [-0.39, 0.29) is 22.5 Å². The predicted octanol–water partition coefficient (Wildman–Crippen LogP) is 6.91. The topological polar surface area (TPSA) is 76.3 Å². The Hall–Kier alpha value is -4.45. The van der Waals surface area contributed by atoms with Gasteiger partial charge in [-0.1, -0.05) is 46.3 Å². The first kappa shape index (κ1) is 29.3. The second kappa shape index (κ2) is 10.9. The predicted molar refractivity (Wildman–Crippen MR) is 166 cm³/mol. The van der Waals surface area contributed by atoms with Crippen molar-refractivity contribution in [2.24, 2.45) is 13.0 Å². The van der Waals surface area contributed by atoms with Gasteiger partial charge in [0.15, 0.2) is 0 Å². The number of likely N-dealkylation sites (tertiary alicyclic amines) is 1. The molecule has 8 nitrogen and oxygen atoms in total.